The summed E-state index contributed by atoms with van der Waals surface area (Å²) >= 11 is 0. The van der Waals surface area contributed by atoms with Crippen molar-refractivity contribution >= 4 is 0 Å². The molecule has 0 N–H and O–H groups in total. The van der Waals surface area contributed by atoms with E-state index in [1.807, 2.05) is 0 Å². The molecule has 0 radical (unpaired) electrons. The Kier molecular flexibility index (Phi) is 4.65. The first-order valence-electron chi connectivity index (χ1n) is 11.9. The molecule has 0 spiro atoms. The smallest absolute Gasteiger partial charge is 0.0463 e. The summed E-state index contributed by atoms with van der Waals surface area (Å²) < 4.78 is 0. The third-order valence-corrected chi connectivity index (χ3v) is 8.09. The first-order valence-corrected chi connectivity index (χ1v) is 11.9. The number of benzene rings is 3. The molecule has 5 rings (SSSR count). The van der Waals surface area contributed by atoms with E-state index < -0.39 is 0 Å². The molecule has 4 unspecified atom stereocenters. The lowest BCUT2D eigenvalue weighted by Gasteiger charge is -2.24. The fourth-order valence-corrected chi connectivity index (χ4v) is 6.04. The summed E-state index contributed by atoms with van der Waals surface area (Å²) in [5.41, 5.74) is 9.77. The van der Waals surface area contributed by atoms with E-state index in [9.17, 15) is 0 Å². The minimum atomic E-state index is 0.135. The van der Waals surface area contributed by atoms with Crippen LogP contribution < -0.4 is 0 Å². The van der Waals surface area contributed by atoms with Gasteiger partial charge in [0.25, 0.3) is 0 Å². The number of fused-ring (bicyclic) bond motifs is 3. The summed E-state index contributed by atoms with van der Waals surface area (Å²) in [5, 5.41) is 0. The van der Waals surface area contributed by atoms with Gasteiger partial charge in [-0.25, -0.2) is 0 Å². The Bertz CT molecular complexity index is 962. The first-order chi connectivity index (χ1) is 14.6. The number of hydrogen-bond donors (Lipinski definition) is 0. The van der Waals surface area contributed by atoms with Crippen LogP contribution in [0.25, 0.3) is 0 Å². The van der Waals surface area contributed by atoms with Gasteiger partial charge >= 0.3 is 0 Å². The zero-order chi connectivity index (χ0) is 20.9. The van der Waals surface area contributed by atoms with Crippen molar-refractivity contribution in [3.63, 3.8) is 0 Å². The predicted molar refractivity (Wildman–Crippen MR) is 127 cm³/mol. The van der Waals surface area contributed by atoms with Crippen LogP contribution in [-0.4, -0.2) is 0 Å². The molecule has 0 heteroatoms. The third kappa shape index (κ3) is 2.66. The monoisotopic (exact) mass is 394 g/mol. The second-order valence-electron chi connectivity index (χ2n) is 9.89. The Morgan fingerprint density at radius 3 is 1.27 bits per heavy atom. The normalized spacial score (nSPS) is 25.2. The Morgan fingerprint density at radius 1 is 0.567 bits per heavy atom. The lowest BCUT2D eigenvalue weighted by Crippen LogP contribution is -2.18. The van der Waals surface area contributed by atoms with E-state index >= 15 is 0 Å². The summed E-state index contributed by atoms with van der Waals surface area (Å²) in [5.74, 6) is 1.43. The van der Waals surface area contributed by atoms with Crippen LogP contribution in [0.3, 0.4) is 0 Å². The molecule has 0 amide bonds. The summed E-state index contributed by atoms with van der Waals surface area (Å²) in [6.07, 6.45) is 4.93. The molecule has 3 aromatic carbocycles. The molecule has 30 heavy (non-hydrogen) atoms. The van der Waals surface area contributed by atoms with Gasteiger partial charge in [-0.1, -0.05) is 113 Å². The summed E-state index contributed by atoms with van der Waals surface area (Å²) in [4.78, 5) is 0. The topological polar surface area (TPSA) is 0 Å². The van der Waals surface area contributed by atoms with Crippen LogP contribution in [0, 0.1) is 11.8 Å². The van der Waals surface area contributed by atoms with Gasteiger partial charge in [-0.3, -0.25) is 0 Å². The van der Waals surface area contributed by atoms with Crippen molar-refractivity contribution in [2.45, 2.75) is 64.2 Å². The van der Waals surface area contributed by atoms with Gasteiger partial charge in [0.1, 0.15) is 0 Å². The molecule has 0 fully saturated rings. The van der Waals surface area contributed by atoms with E-state index in [4.69, 9.17) is 0 Å². The van der Waals surface area contributed by atoms with Crippen molar-refractivity contribution < 1.29 is 0 Å². The van der Waals surface area contributed by atoms with Crippen molar-refractivity contribution in [2.24, 2.45) is 11.8 Å². The predicted octanol–water partition coefficient (Wildman–Crippen LogP) is 7.85. The van der Waals surface area contributed by atoms with Gasteiger partial charge in [-0.15, -0.1) is 0 Å². The average molecular weight is 395 g/mol. The number of hydrogen-bond acceptors (Lipinski definition) is 0. The standard InChI is InChI=1S/C30H34/c1-5-21(3)19-29(23-13-9-7-10-14-23)25-17-18-26-28(27(25)29)30(26,20-22(4)6-2)24-15-11-8-12-16-24/h7-18,21-22H,5-6,19-20H2,1-4H3. The fourth-order valence-electron chi connectivity index (χ4n) is 6.04. The van der Waals surface area contributed by atoms with Crippen molar-refractivity contribution in [1.29, 1.82) is 0 Å². The molecular formula is C30H34. The summed E-state index contributed by atoms with van der Waals surface area (Å²) in [6.45, 7) is 9.51. The minimum Gasteiger partial charge on any atom is -0.0651 e. The highest BCUT2D eigenvalue weighted by atomic mass is 14.7. The molecule has 0 bridgehead atoms. The third-order valence-electron chi connectivity index (χ3n) is 8.09. The first kappa shape index (κ1) is 19.6. The molecule has 2 aliphatic rings. The summed E-state index contributed by atoms with van der Waals surface area (Å²) in [6, 6.07) is 27.5. The molecule has 0 heterocycles. The van der Waals surface area contributed by atoms with Gasteiger partial charge in [-0.05, 0) is 58.1 Å². The van der Waals surface area contributed by atoms with Crippen molar-refractivity contribution in [3.8, 4) is 0 Å². The quantitative estimate of drug-likeness (QED) is 0.365. The zero-order valence-corrected chi connectivity index (χ0v) is 18.9. The highest BCUT2D eigenvalue weighted by Crippen LogP contribution is 2.71. The van der Waals surface area contributed by atoms with Gasteiger partial charge in [0.05, 0.1) is 0 Å². The van der Waals surface area contributed by atoms with E-state index in [1.54, 1.807) is 22.3 Å². The van der Waals surface area contributed by atoms with Crippen molar-refractivity contribution in [3.05, 3.63) is 106 Å². The van der Waals surface area contributed by atoms with Crippen molar-refractivity contribution in [1.82, 2.24) is 0 Å². The largest absolute Gasteiger partial charge is 0.0651 e. The van der Waals surface area contributed by atoms with E-state index in [0.717, 1.165) is 0 Å². The molecule has 0 saturated carbocycles. The lowest BCUT2D eigenvalue weighted by molar-refractivity contribution is 0.450. The van der Waals surface area contributed by atoms with Gasteiger partial charge in [0.2, 0.25) is 0 Å². The van der Waals surface area contributed by atoms with E-state index in [1.165, 1.54) is 36.8 Å². The van der Waals surface area contributed by atoms with Crippen molar-refractivity contribution in [2.75, 3.05) is 0 Å². The highest BCUT2D eigenvalue weighted by Gasteiger charge is 2.64. The van der Waals surface area contributed by atoms with Crippen LogP contribution in [0.1, 0.15) is 86.8 Å². The van der Waals surface area contributed by atoms with Crippen LogP contribution in [0.5, 0.6) is 0 Å². The van der Waals surface area contributed by atoms with Gasteiger partial charge in [-0.2, -0.15) is 0 Å². The van der Waals surface area contributed by atoms with Crippen LogP contribution >= 0.6 is 0 Å². The van der Waals surface area contributed by atoms with E-state index in [2.05, 4.69) is 100 Å². The maximum atomic E-state index is 2.46. The fraction of sp³-hybridized carbons (Fsp3) is 0.400. The van der Waals surface area contributed by atoms with Crippen LogP contribution in [0.2, 0.25) is 0 Å². The Balaban J connectivity index is 1.65. The maximum absolute atomic E-state index is 2.46. The van der Waals surface area contributed by atoms with E-state index in [-0.39, 0.29) is 10.8 Å². The molecular weight excluding hydrogens is 360 g/mol. The Labute approximate surface area is 182 Å². The zero-order valence-electron chi connectivity index (χ0n) is 18.9. The van der Waals surface area contributed by atoms with Crippen LogP contribution in [-0.2, 0) is 10.8 Å². The molecule has 0 nitrogen and oxygen atoms in total. The highest BCUT2D eigenvalue weighted by molar-refractivity contribution is 5.83. The minimum absolute atomic E-state index is 0.135. The summed E-state index contributed by atoms with van der Waals surface area (Å²) in [7, 11) is 0. The molecule has 0 aromatic heterocycles. The molecule has 4 atom stereocenters. The molecule has 154 valence electrons. The molecule has 0 aliphatic heterocycles. The molecule has 2 aliphatic carbocycles. The lowest BCUT2D eigenvalue weighted by atomic mass is 9.78. The van der Waals surface area contributed by atoms with E-state index in [0.29, 0.717) is 11.8 Å². The SMILES string of the molecule is CCC(C)CC1(c2ccccc2)c2ccc3c(c21)C3(CC(C)CC)c1ccccc1. The number of rotatable bonds is 8. The molecule has 0 saturated heterocycles. The van der Waals surface area contributed by atoms with Crippen LogP contribution in [0.4, 0.5) is 0 Å². The Morgan fingerprint density at radius 2 is 0.933 bits per heavy atom. The maximum Gasteiger partial charge on any atom is 0.0463 e. The van der Waals surface area contributed by atoms with Crippen LogP contribution in [0.15, 0.2) is 72.8 Å². The second kappa shape index (κ2) is 7.12. The average Bonchev–Trinajstić information content (AvgIpc) is 3.66. The second-order valence-corrected chi connectivity index (χ2v) is 9.89. The Hall–Kier alpha value is -2.34. The van der Waals surface area contributed by atoms with Gasteiger partial charge < -0.3 is 0 Å². The molecule has 3 aromatic rings. The van der Waals surface area contributed by atoms with Gasteiger partial charge in [0.15, 0.2) is 0 Å². The van der Waals surface area contributed by atoms with Gasteiger partial charge in [0, 0.05) is 10.8 Å².